The van der Waals surface area contributed by atoms with E-state index in [2.05, 4.69) is 10.2 Å². The lowest BCUT2D eigenvalue weighted by Gasteiger charge is -2.32. The molecule has 0 radical (unpaired) electrons. The third kappa shape index (κ3) is 4.03. The van der Waals surface area contributed by atoms with Gasteiger partial charge in [0.1, 0.15) is 5.82 Å². The number of piperazine rings is 1. The summed E-state index contributed by atoms with van der Waals surface area (Å²) in [6, 6.07) is 12.3. The zero-order valence-corrected chi connectivity index (χ0v) is 14.0. The molecule has 0 atom stereocenters. The number of nitrogens with zero attached hydrogens (tertiary/aromatic N) is 2. The van der Waals surface area contributed by atoms with E-state index >= 15 is 0 Å². The monoisotopic (exact) mass is 341 g/mol. The Morgan fingerprint density at radius 3 is 2.16 bits per heavy atom. The van der Waals surface area contributed by atoms with E-state index in [0.29, 0.717) is 29.9 Å². The van der Waals surface area contributed by atoms with Crippen molar-refractivity contribution in [2.45, 2.75) is 0 Å². The van der Waals surface area contributed by atoms with Crippen LogP contribution in [0.5, 0.6) is 0 Å². The first-order valence-corrected chi connectivity index (χ1v) is 8.18. The van der Waals surface area contributed by atoms with Crippen molar-refractivity contribution in [1.29, 1.82) is 0 Å². The van der Waals surface area contributed by atoms with Crippen LogP contribution in [0, 0.1) is 5.82 Å². The van der Waals surface area contributed by atoms with Gasteiger partial charge in [-0.05, 0) is 43.4 Å². The van der Waals surface area contributed by atoms with Gasteiger partial charge in [-0.15, -0.1) is 0 Å². The summed E-state index contributed by atoms with van der Waals surface area (Å²) in [5.41, 5.74) is 1.18. The van der Waals surface area contributed by atoms with Gasteiger partial charge in [0, 0.05) is 31.9 Å². The minimum Gasteiger partial charge on any atom is -0.336 e. The van der Waals surface area contributed by atoms with Crippen molar-refractivity contribution >= 4 is 17.5 Å². The van der Waals surface area contributed by atoms with Gasteiger partial charge in [0.25, 0.3) is 11.8 Å². The number of halogens is 1. The SMILES string of the molecule is CN1CCN(C(=O)c2ccccc2C(=O)Nc2ccc(F)cc2)CC1. The zero-order valence-electron chi connectivity index (χ0n) is 14.0. The average molecular weight is 341 g/mol. The van der Waals surface area contributed by atoms with Gasteiger partial charge in [-0.25, -0.2) is 4.39 Å². The number of rotatable bonds is 3. The highest BCUT2D eigenvalue weighted by atomic mass is 19.1. The lowest BCUT2D eigenvalue weighted by molar-refractivity contribution is 0.0660. The molecule has 2 aromatic rings. The second kappa shape index (κ2) is 7.44. The van der Waals surface area contributed by atoms with Crippen LogP contribution in [-0.4, -0.2) is 54.8 Å². The zero-order chi connectivity index (χ0) is 17.8. The molecule has 1 aliphatic rings. The summed E-state index contributed by atoms with van der Waals surface area (Å²) in [4.78, 5) is 29.3. The predicted molar refractivity (Wildman–Crippen MR) is 94.2 cm³/mol. The van der Waals surface area contributed by atoms with Gasteiger partial charge >= 0.3 is 0 Å². The van der Waals surface area contributed by atoms with Gasteiger partial charge in [-0.2, -0.15) is 0 Å². The summed E-state index contributed by atoms with van der Waals surface area (Å²) in [7, 11) is 2.02. The first kappa shape index (κ1) is 17.1. The highest BCUT2D eigenvalue weighted by Gasteiger charge is 2.24. The average Bonchev–Trinajstić information content (AvgIpc) is 2.63. The molecule has 2 amide bonds. The molecule has 0 aliphatic carbocycles. The van der Waals surface area contributed by atoms with Crippen molar-refractivity contribution in [1.82, 2.24) is 9.80 Å². The molecule has 0 spiro atoms. The Labute approximate surface area is 146 Å². The van der Waals surface area contributed by atoms with Gasteiger partial charge in [0.2, 0.25) is 0 Å². The van der Waals surface area contributed by atoms with Crippen LogP contribution in [0.25, 0.3) is 0 Å². The number of anilines is 1. The maximum atomic E-state index is 13.0. The number of carbonyl (C=O) groups excluding carboxylic acids is 2. The Hall–Kier alpha value is -2.73. The maximum Gasteiger partial charge on any atom is 0.256 e. The van der Waals surface area contributed by atoms with E-state index in [0.717, 1.165) is 13.1 Å². The topological polar surface area (TPSA) is 52.7 Å². The van der Waals surface area contributed by atoms with Gasteiger partial charge < -0.3 is 15.1 Å². The van der Waals surface area contributed by atoms with E-state index in [1.807, 2.05) is 7.05 Å². The number of hydrogen-bond donors (Lipinski definition) is 1. The van der Waals surface area contributed by atoms with E-state index in [1.165, 1.54) is 24.3 Å². The lowest BCUT2D eigenvalue weighted by atomic mass is 10.0. The highest BCUT2D eigenvalue weighted by molar-refractivity contribution is 6.12. The minimum absolute atomic E-state index is 0.141. The summed E-state index contributed by atoms with van der Waals surface area (Å²) in [6.45, 7) is 2.91. The van der Waals surface area contributed by atoms with E-state index in [4.69, 9.17) is 0 Å². The summed E-state index contributed by atoms with van der Waals surface area (Å²) in [5, 5.41) is 2.71. The normalized spacial score (nSPS) is 15.0. The molecule has 0 aromatic heterocycles. The Morgan fingerprint density at radius 1 is 0.920 bits per heavy atom. The van der Waals surface area contributed by atoms with Crippen LogP contribution < -0.4 is 5.32 Å². The van der Waals surface area contributed by atoms with Crippen molar-refractivity contribution in [3.8, 4) is 0 Å². The van der Waals surface area contributed by atoms with Crippen LogP contribution >= 0.6 is 0 Å². The van der Waals surface area contributed by atoms with Crippen LogP contribution in [-0.2, 0) is 0 Å². The highest BCUT2D eigenvalue weighted by Crippen LogP contribution is 2.16. The van der Waals surface area contributed by atoms with Crippen LogP contribution in [0.15, 0.2) is 48.5 Å². The summed E-state index contributed by atoms with van der Waals surface area (Å²) in [6.07, 6.45) is 0. The summed E-state index contributed by atoms with van der Waals surface area (Å²) < 4.78 is 13.0. The largest absolute Gasteiger partial charge is 0.336 e. The number of nitrogens with one attached hydrogen (secondary N) is 1. The minimum atomic E-state index is -0.385. The number of benzene rings is 2. The second-order valence-corrected chi connectivity index (χ2v) is 6.10. The molecule has 0 unspecified atom stereocenters. The van der Waals surface area contributed by atoms with Gasteiger partial charge in [0.05, 0.1) is 11.1 Å². The first-order valence-electron chi connectivity index (χ1n) is 8.18. The second-order valence-electron chi connectivity index (χ2n) is 6.10. The fourth-order valence-electron chi connectivity index (χ4n) is 2.78. The van der Waals surface area contributed by atoms with Crippen molar-refractivity contribution in [2.24, 2.45) is 0 Å². The fraction of sp³-hybridized carbons (Fsp3) is 0.263. The molecule has 1 heterocycles. The number of amides is 2. The van der Waals surface area contributed by atoms with Crippen molar-refractivity contribution in [3.05, 3.63) is 65.5 Å². The molecule has 2 aromatic carbocycles. The van der Waals surface area contributed by atoms with Crippen molar-refractivity contribution in [2.75, 3.05) is 38.5 Å². The summed E-state index contributed by atoms with van der Waals surface area (Å²) >= 11 is 0. The van der Waals surface area contributed by atoms with Gasteiger partial charge in [-0.1, -0.05) is 12.1 Å². The molecule has 5 nitrogen and oxygen atoms in total. The molecule has 130 valence electrons. The number of likely N-dealkylation sites (N-methyl/N-ethyl adjacent to an activating group) is 1. The van der Waals surface area contributed by atoms with Crippen molar-refractivity contribution < 1.29 is 14.0 Å². The van der Waals surface area contributed by atoms with Crippen LogP contribution in [0.2, 0.25) is 0 Å². The van der Waals surface area contributed by atoms with Crippen LogP contribution in [0.3, 0.4) is 0 Å². The third-order valence-corrected chi connectivity index (χ3v) is 4.29. The molecule has 0 saturated carbocycles. The van der Waals surface area contributed by atoms with E-state index in [1.54, 1.807) is 29.2 Å². The van der Waals surface area contributed by atoms with E-state index < -0.39 is 0 Å². The maximum absolute atomic E-state index is 13.0. The van der Waals surface area contributed by atoms with Crippen LogP contribution in [0.4, 0.5) is 10.1 Å². The molecule has 1 fully saturated rings. The first-order chi connectivity index (χ1) is 12.0. The molecule has 1 N–H and O–H groups in total. The van der Waals surface area contributed by atoms with Gasteiger partial charge in [0.15, 0.2) is 0 Å². The van der Waals surface area contributed by atoms with Crippen LogP contribution in [0.1, 0.15) is 20.7 Å². The third-order valence-electron chi connectivity index (χ3n) is 4.29. The Bertz CT molecular complexity index is 768. The molecule has 25 heavy (non-hydrogen) atoms. The number of hydrogen-bond acceptors (Lipinski definition) is 3. The molecule has 1 saturated heterocycles. The molecule has 3 rings (SSSR count). The fourth-order valence-corrected chi connectivity index (χ4v) is 2.78. The van der Waals surface area contributed by atoms with Crippen molar-refractivity contribution in [3.63, 3.8) is 0 Å². The quantitative estimate of drug-likeness (QED) is 0.933. The molecule has 1 aliphatic heterocycles. The Morgan fingerprint density at radius 2 is 1.52 bits per heavy atom. The van der Waals surface area contributed by atoms with E-state index in [-0.39, 0.29) is 17.6 Å². The van der Waals surface area contributed by atoms with Gasteiger partial charge in [-0.3, -0.25) is 9.59 Å². The Kier molecular flexibility index (Phi) is 5.09. The number of carbonyl (C=O) groups is 2. The molecule has 6 heteroatoms. The summed E-state index contributed by atoms with van der Waals surface area (Å²) in [5.74, 6) is -0.897. The molecular formula is C19H20FN3O2. The standard InChI is InChI=1S/C19H20FN3O2/c1-22-10-12-23(13-11-22)19(25)17-5-3-2-4-16(17)18(24)21-15-8-6-14(20)7-9-15/h2-9H,10-13H2,1H3,(H,21,24). The molecule has 0 bridgehead atoms. The predicted octanol–water partition coefficient (Wildman–Crippen LogP) is 2.47. The smallest absolute Gasteiger partial charge is 0.256 e. The Balaban J connectivity index is 1.79. The van der Waals surface area contributed by atoms with E-state index in [9.17, 15) is 14.0 Å². The lowest BCUT2D eigenvalue weighted by Crippen LogP contribution is -2.47. The molecular weight excluding hydrogens is 321 g/mol.